The lowest BCUT2D eigenvalue weighted by Crippen LogP contribution is -2.34. The molecule has 1 atom stereocenters. The van der Waals surface area contributed by atoms with E-state index in [0.29, 0.717) is 11.8 Å². The van der Waals surface area contributed by atoms with Crippen LogP contribution in [0.15, 0.2) is 60.8 Å². The van der Waals surface area contributed by atoms with E-state index in [-0.39, 0.29) is 0 Å². The van der Waals surface area contributed by atoms with Crippen LogP contribution in [0.3, 0.4) is 0 Å². The number of nitrogens with zero attached hydrogens (tertiary/aromatic N) is 4. The van der Waals surface area contributed by atoms with E-state index in [1.165, 1.54) is 0 Å². The number of aryl methyl sites for hydroxylation is 1. The van der Waals surface area contributed by atoms with Gasteiger partial charge in [-0.15, -0.1) is 0 Å². The Balaban J connectivity index is 1.55. The van der Waals surface area contributed by atoms with Crippen LogP contribution < -0.4 is 15.0 Å². The first-order chi connectivity index (χ1) is 14.7. The first kappa shape index (κ1) is 18.9. The zero-order valence-corrected chi connectivity index (χ0v) is 17.3. The number of hydrogen-bond donors (Lipinski definition) is 1. The molecule has 5 rings (SSSR count). The quantitative estimate of drug-likeness (QED) is 0.508. The molecule has 1 fully saturated rings. The molecular formula is C23H21ClN5O. The predicted octanol–water partition coefficient (Wildman–Crippen LogP) is 4.71. The highest BCUT2D eigenvalue weighted by Crippen LogP contribution is 2.34. The lowest BCUT2D eigenvalue weighted by atomic mass is 10.2. The number of fused-ring (bicyclic) bond motifs is 1. The maximum Gasteiger partial charge on any atom is 0.211 e. The molecule has 1 radical (unpaired) electrons. The van der Waals surface area contributed by atoms with Crippen LogP contribution in [0.5, 0.6) is 11.5 Å². The van der Waals surface area contributed by atoms with Gasteiger partial charge >= 0.3 is 0 Å². The second kappa shape index (κ2) is 7.97. The molecule has 0 aliphatic carbocycles. The second-order valence-corrected chi connectivity index (χ2v) is 7.77. The Hall–Kier alpha value is -3.09. The summed E-state index contributed by atoms with van der Waals surface area (Å²) in [7, 11) is 2.05. The number of benzene rings is 2. The molecule has 6 nitrogen and oxygen atoms in total. The lowest BCUT2D eigenvalue weighted by Gasteiger charge is -2.29. The monoisotopic (exact) mass is 418 g/mol. The van der Waals surface area contributed by atoms with Gasteiger partial charge < -0.3 is 19.5 Å². The van der Waals surface area contributed by atoms with Gasteiger partial charge in [0.15, 0.2) is 0 Å². The molecule has 0 amide bonds. The summed E-state index contributed by atoms with van der Waals surface area (Å²) in [5, 5.41) is 4.19. The topological polar surface area (TPSA) is 55.2 Å². The summed E-state index contributed by atoms with van der Waals surface area (Å²) < 4.78 is 8.07. The van der Waals surface area contributed by atoms with E-state index in [1.54, 1.807) is 18.3 Å². The van der Waals surface area contributed by atoms with Gasteiger partial charge in [-0.2, -0.15) is 0 Å². The Morgan fingerprint density at radius 1 is 1.17 bits per heavy atom. The fourth-order valence-corrected chi connectivity index (χ4v) is 4.03. The van der Waals surface area contributed by atoms with Crippen LogP contribution in [-0.4, -0.2) is 33.7 Å². The highest BCUT2D eigenvalue weighted by atomic mass is 35.5. The number of rotatable bonds is 5. The molecule has 0 bridgehead atoms. The normalized spacial score (nSPS) is 16.1. The Labute approximate surface area is 180 Å². The fourth-order valence-electron chi connectivity index (χ4n) is 3.90. The zero-order chi connectivity index (χ0) is 20.5. The number of nitrogens with one attached hydrogen (secondary N) is 1. The van der Waals surface area contributed by atoms with E-state index in [1.807, 2.05) is 37.4 Å². The van der Waals surface area contributed by atoms with E-state index >= 15 is 0 Å². The van der Waals surface area contributed by atoms with E-state index in [4.69, 9.17) is 21.3 Å². The number of hydrogen-bond acceptors (Lipinski definition) is 5. The molecule has 151 valence electrons. The molecule has 0 spiro atoms. The van der Waals surface area contributed by atoms with Gasteiger partial charge in [0.25, 0.3) is 0 Å². The molecule has 0 unspecified atom stereocenters. The molecule has 1 N–H and O–H groups in total. The third-order valence-corrected chi connectivity index (χ3v) is 5.63. The molecule has 30 heavy (non-hydrogen) atoms. The first-order valence-corrected chi connectivity index (χ1v) is 10.3. The van der Waals surface area contributed by atoms with Crippen molar-refractivity contribution in [2.24, 2.45) is 7.05 Å². The van der Waals surface area contributed by atoms with E-state index in [9.17, 15) is 0 Å². The van der Waals surface area contributed by atoms with Gasteiger partial charge in [0.1, 0.15) is 11.5 Å². The average Bonchev–Trinajstić information content (AvgIpc) is 3.40. The summed E-state index contributed by atoms with van der Waals surface area (Å²) in [6.45, 7) is 1.92. The molecular weight excluding hydrogens is 398 g/mol. The predicted molar refractivity (Wildman–Crippen MR) is 119 cm³/mol. The first-order valence-electron chi connectivity index (χ1n) is 9.91. The van der Waals surface area contributed by atoms with Gasteiger partial charge in [-0.3, -0.25) is 4.98 Å². The number of pyridine rings is 1. The SMILES string of the molecule is Cn1c(N(c2ccc(Cl)cc2)[C@H]2CCNC2)nc2cc(Oc3c[c]ncc3)ccc21. The standard InChI is InChI=1S/C23H21ClN5O/c1-28-22-7-6-20(30-19-9-12-25-13-10-19)14-21(22)27-23(28)29(18-8-11-26-15-18)17-4-2-16(24)3-5-17/h2-7,9-10,12,14,18,26H,8,11,15H2,1H3/t18-/m0/s1. The summed E-state index contributed by atoms with van der Waals surface area (Å²) in [5.74, 6) is 2.32. The highest BCUT2D eigenvalue weighted by molar-refractivity contribution is 6.30. The number of imidazole rings is 1. The van der Waals surface area contributed by atoms with Gasteiger partial charge in [-0.1, -0.05) is 11.6 Å². The van der Waals surface area contributed by atoms with E-state index in [0.717, 1.165) is 53.0 Å². The third kappa shape index (κ3) is 3.60. The van der Waals surface area contributed by atoms with Crippen molar-refractivity contribution in [1.82, 2.24) is 19.9 Å². The smallest absolute Gasteiger partial charge is 0.211 e. The van der Waals surface area contributed by atoms with E-state index in [2.05, 4.69) is 38.1 Å². The minimum atomic E-state index is 0.324. The van der Waals surface area contributed by atoms with Crippen LogP contribution in [-0.2, 0) is 7.05 Å². The Bertz CT molecular complexity index is 1150. The van der Waals surface area contributed by atoms with Crippen LogP contribution in [0.2, 0.25) is 5.02 Å². The van der Waals surface area contributed by atoms with Crippen molar-refractivity contribution in [3.05, 3.63) is 72.0 Å². The minimum Gasteiger partial charge on any atom is -0.457 e. The van der Waals surface area contributed by atoms with Gasteiger partial charge in [-0.05, 0) is 55.4 Å². The van der Waals surface area contributed by atoms with E-state index < -0.39 is 0 Å². The molecule has 0 saturated carbocycles. The molecule has 2 aromatic carbocycles. The number of ether oxygens (including phenoxy) is 1. The Morgan fingerprint density at radius 3 is 2.77 bits per heavy atom. The molecule has 7 heteroatoms. The van der Waals surface area contributed by atoms with Crippen molar-refractivity contribution in [1.29, 1.82) is 0 Å². The summed E-state index contributed by atoms with van der Waals surface area (Å²) >= 11 is 6.13. The van der Waals surface area contributed by atoms with Crippen molar-refractivity contribution in [3.8, 4) is 11.5 Å². The number of aromatic nitrogens is 3. The molecule has 1 saturated heterocycles. The number of halogens is 1. The van der Waals surface area contributed by atoms with Crippen molar-refractivity contribution in [2.45, 2.75) is 12.5 Å². The lowest BCUT2D eigenvalue weighted by molar-refractivity contribution is 0.482. The number of anilines is 2. The molecule has 3 heterocycles. The largest absolute Gasteiger partial charge is 0.457 e. The summed E-state index contributed by atoms with van der Waals surface area (Å²) in [6, 6.07) is 17.7. The average molecular weight is 419 g/mol. The van der Waals surface area contributed by atoms with Crippen molar-refractivity contribution in [2.75, 3.05) is 18.0 Å². The summed E-state index contributed by atoms with van der Waals surface area (Å²) in [6.07, 6.45) is 5.50. The summed E-state index contributed by atoms with van der Waals surface area (Å²) in [5.41, 5.74) is 3.01. The van der Waals surface area contributed by atoms with Crippen molar-refractivity contribution >= 4 is 34.3 Å². The van der Waals surface area contributed by atoms with Crippen molar-refractivity contribution in [3.63, 3.8) is 0 Å². The van der Waals surface area contributed by atoms with Crippen LogP contribution in [0, 0.1) is 6.20 Å². The van der Waals surface area contributed by atoms with Gasteiger partial charge in [0.05, 0.1) is 23.3 Å². The van der Waals surface area contributed by atoms with Crippen LogP contribution >= 0.6 is 11.6 Å². The van der Waals surface area contributed by atoms with Gasteiger partial charge in [0, 0.05) is 42.6 Å². The molecule has 2 aromatic heterocycles. The van der Waals surface area contributed by atoms with Crippen LogP contribution in [0.4, 0.5) is 11.6 Å². The van der Waals surface area contributed by atoms with Crippen molar-refractivity contribution < 1.29 is 4.74 Å². The molecule has 1 aliphatic rings. The minimum absolute atomic E-state index is 0.324. The van der Waals surface area contributed by atoms with Gasteiger partial charge in [0.2, 0.25) is 5.95 Å². The second-order valence-electron chi connectivity index (χ2n) is 7.34. The van der Waals surface area contributed by atoms with Gasteiger partial charge in [-0.25, -0.2) is 4.98 Å². The highest BCUT2D eigenvalue weighted by Gasteiger charge is 2.27. The molecule has 4 aromatic rings. The maximum absolute atomic E-state index is 6.13. The molecule has 1 aliphatic heterocycles. The fraction of sp³-hybridized carbons (Fsp3) is 0.217. The third-order valence-electron chi connectivity index (χ3n) is 5.38. The maximum atomic E-state index is 6.13. The van der Waals surface area contributed by atoms with Crippen LogP contribution in [0.25, 0.3) is 11.0 Å². The van der Waals surface area contributed by atoms with Crippen LogP contribution in [0.1, 0.15) is 6.42 Å². The Morgan fingerprint density at radius 2 is 2.03 bits per heavy atom. The Kier molecular flexibility index (Phi) is 5.02. The summed E-state index contributed by atoms with van der Waals surface area (Å²) in [4.78, 5) is 11.2. The zero-order valence-electron chi connectivity index (χ0n) is 16.5.